The lowest BCUT2D eigenvalue weighted by Gasteiger charge is -2.40. The molecule has 76 valence electrons. The van der Waals surface area contributed by atoms with E-state index < -0.39 is 0 Å². The van der Waals surface area contributed by atoms with Crippen molar-refractivity contribution in [3.63, 3.8) is 0 Å². The van der Waals surface area contributed by atoms with Crippen LogP contribution in [-0.4, -0.2) is 11.2 Å². The molecule has 2 atom stereocenters. The van der Waals surface area contributed by atoms with E-state index in [1.165, 1.54) is 17.6 Å². The maximum atomic E-state index is 9.81. The third-order valence-corrected chi connectivity index (χ3v) is 3.93. The van der Waals surface area contributed by atoms with Gasteiger partial charge in [-0.15, -0.1) is 0 Å². The molecule has 0 heterocycles. The van der Waals surface area contributed by atoms with Crippen LogP contribution in [0.1, 0.15) is 53.4 Å². The van der Waals surface area contributed by atoms with E-state index in [-0.39, 0.29) is 11.5 Å². The molecule has 1 aliphatic carbocycles. The van der Waals surface area contributed by atoms with Gasteiger partial charge >= 0.3 is 0 Å². The summed E-state index contributed by atoms with van der Waals surface area (Å²) in [6.07, 6.45) is 4.34. The van der Waals surface area contributed by atoms with Gasteiger partial charge in [0, 0.05) is 0 Å². The monoisotopic (exact) mass is 182 g/mol. The summed E-state index contributed by atoms with van der Waals surface area (Å²) in [5, 5.41) is 9.81. The summed E-state index contributed by atoms with van der Waals surface area (Å²) in [4.78, 5) is 0. The highest BCUT2D eigenvalue weighted by atomic mass is 16.3. The van der Waals surface area contributed by atoms with Crippen molar-refractivity contribution < 1.29 is 5.11 Å². The lowest BCUT2D eigenvalue weighted by atomic mass is 9.67. The molecule has 0 aromatic rings. The fourth-order valence-electron chi connectivity index (χ4n) is 2.37. The average Bonchev–Trinajstić information content (AvgIpc) is 2.09. The fraction of sp³-hybridized carbons (Fsp3) is 0.833. The molecular formula is C12H22O. The van der Waals surface area contributed by atoms with Gasteiger partial charge in [0.2, 0.25) is 0 Å². The third kappa shape index (κ3) is 1.96. The zero-order valence-electron chi connectivity index (χ0n) is 9.35. The summed E-state index contributed by atoms with van der Waals surface area (Å²) in [6, 6.07) is 0. The Bertz CT molecular complexity index is 215. The normalized spacial score (nSPS) is 32.1. The predicted octanol–water partition coefficient (Wildman–Crippen LogP) is 3.28. The second kappa shape index (κ2) is 3.83. The van der Waals surface area contributed by atoms with Crippen molar-refractivity contribution in [2.24, 2.45) is 5.41 Å². The van der Waals surface area contributed by atoms with Gasteiger partial charge in [-0.2, -0.15) is 0 Å². The first-order valence-electron chi connectivity index (χ1n) is 5.35. The first-order valence-corrected chi connectivity index (χ1v) is 5.35. The number of allylic oxidation sites excluding steroid dienone is 2. The molecule has 13 heavy (non-hydrogen) atoms. The van der Waals surface area contributed by atoms with Crippen LogP contribution in [0.2, 0.25) is 0 Å². The van der Waals surface area contributed by atoms with E-state index in [0.717, 1.165) is 19.3 Å². The highest BCUT2D eigenvalue weighted by molar-refractivity contribution is 5.17. The van der Waals surface area contributed by atoms with Crippen LogP contribution in [0.5, 0.6) is 0 Å². The van der Waals surface area contributed by atoms with Gasteiger partial charge in [0.15, 0.2) is 0 Å². The van der Waals surface area contributed by atoms with Gasteiger partial charge in [0.05, 0.1) is 6.10 Å². The lowest BCUT2D eigenvalue weighted by molar-refractivity contribution is 0.0238. The summed E-state index contributed by atoms with van der Waals surface area (Å²) in [5.41, 5.74) is 3.20. The molecule has 2 unspecified atom stereocenters. The molecule has 0 saturated heterocycles. The molecule has 0 saturated carbocycles. The van der Waals surface area contributed by atoms with E-state index in [0.29, 0.717) is 0 Å². The standard InChI is InChI=1S/C12H22O/c1-5-12(11(4)13)7-6-9(2)10(3)8-12/h11,13H,5-8H2,1-4H3. The minimum Gasteiger partial charge on any atom is -0.393 e. The number of hydrogen-bond donors (Lipinski definition) is 1. The molecule has 0 aromatic carbocycles. The van der Waals surface area contributed by atoms with E-state index in [1.54, 1.807) is 0 Å². The van der Waals surface area contributed by atoms with Crippen LogP contribution in [0.4, 0.5) is 0 Å². The Balaban J connectivity index is 2.84. The highest BCUT2D eigenvalue weighted by Crippen LogP contribution is 2.44. The predicted molar refractivity (Wildman–Crippen MR) is 56.6 cm³/mol. The molecule has 0 fully saturated rings. The highest BCUT2D eigenvalue weighted by Gasteiger charge is 2.35. The summed E-state index contributed by atoms with van der Waals surface area (Å²) < 4.78 is 0. The first-order chi connectivity index (χ1) is 6.02. The zero-order valence-corrected chi connectivity index (χ0v) is 9.35. The Kier molecular flexibility index (Phi) is 3.18. The average molecular weight is 182 g/mol. The third-order valence-electron chi connectivity index (χ3n) is 3.93. The summed E-state index contributed by atoms with van der Waals surface area (Å²) in [7, 11) is 0. The van der Waals surface area contributed by atoms with E-state index in [1.807, 2.05) is 6.92 Å². The number of hydrogen-bond acceptors (Lipinski definition) is 1. The Hall–Kier alpha value is -0.300. The topological polar surface area (TPSA) is 20.2 Å². The molecule has 1 aliphatic rings. The summed E-state index contributed by atoms with van der Waals surface area (Å²) in [6.45, 7) is 8.57. The second-order valence-electron chi connectivity index (χ2n) is 4.63. The van der Waals surface area contributed by atoms with Crippen LogP contribution in [0.3, 0.4) is 0 Å². The Labute approximate surface area is 81.9 Å². The van der Waals surface area contributed by atoms with Crippen LogP contribution >= 0.6 is 0 Å². The van der Waals surface area contributed by atoms with Crippen molar-refractivity contribution in [1.82, 2.24) is 0 Å². The van der Waals surface area contributed by atoms with E-state index >= 15 is 0 Å². The Morgan fingerprint density at radius 1 is 1.38 bits per heavy atom. The fourth-order valence-corrected chi connectivity index (χ4v) is 2.37. The van der Waals surface area contributed by atoms with E-state index in [2.05, 4.69) is 20.8 Å². The minimum atomic E-state index is -0.166. The van der Waals surface area contributed by atoms with Gasteiger partial charge in [-0.25, -0.2) is 0 Å². The molecular weight excluding hydrogens is 160 g/mol. The van der Waals surface area contributed by atoms with Crippen LogP contribution in [0, 0.1) is 5.41 Å². The van der Waals surface area contributed by atoms with Crippen molar-refractivity contribution >= 4 is 0 Å². The molecule has 0 aromatic heterocycles. The molecule has 0 spiro atoms. The van der Waals surface area contributed by atoms with Crippen LogP contribution in [0.25, 0.3) is 0 Å². The van der Waals surface area contributed by atoms with Crippen LogP contribution in [-0.2, 0) is 0 Å². The van der Waals surface area contributed by atoms with Crippen molar-refractivity contribution in [3.05, 3.63) is 11.1 Å². The molecule has 1 nitrogen and oxygen atoms in total. The molecule has 0 amide bonds. The largest absolute Gasteiger partial charge is 0.393 e. The molecule has 1 N–H and O–H groups in total. The van der Waals surface area contributed by atoms with Gasteiger partial charge in [-0.05, 0) is 51.9 Å². The van der Waals surface area contributed by atoms with Gasteiger partial charge in [0.1, 0.15) is 0 Å². The first kappa shape index (κ1) is 10.8. The molecule has 0 bridgehead atoms. The summed E-state index contributed by atoms with van der Waals surface area (Å²) >= 11 is 0. The maximum Gasteiger partial charge on any atom is 0.0571 e. The summed E-state index contributed by atoms with van der Waals surface area (Å²) in [5.74, 6) is 0. The van der Waals surface area contributed by atoms with E-state index in [9.17, 15) is 5.11 Å². The van der Waals surface area contributed by atoms with Gasteiger partial charge in [0.25, 0.3) is 0 Å². The molecule has 0 radical (unpaired) electrons. The van der Waals surface area contributed by atoms with Gasteiger partial charge in [-0.3, -0.25) is 0 Å². The smallest absolute Gasteiger partial charge is 0.0571 e. The molecule has 1 heteroatoms. The molecule has 0 aliphatic heterocycles. The lowest BCUT2D eigenvalue weighted by Crippen LogP contribution is -2.35. The van der Waals surface area contributed by atoms with Crippen molar-refractivity contribution in [2.75, 3.05) is 0 Å². The Morgan fingerprint density at radius 2 is 2.00 bits per heavy atom. The van der Waals surface area contributed by atoms with E-state index in [4.69, 9.17) is 0 Å². The second-order valence-corrected chi connectivity index (χ2v) is 4.63. The van der Waals surface area contributed by atoms with Crippen molar-refractivity contribution in [2.45, 2.75) is 59.5 Å². The molecule has 1 rings (SSSR count). The van der Waals surface area contributed by atoms with Crippen molar-refractivity contribution in [3.8, 4) is 0 Å². The maximum absolute atomic E-state index is 9.81. The minimum absolute atomic E-state index is 0.166. The quantitative estimate of drug-likeness (QED) is 0.650. The van der Waals surface area contributed by atoms with Crippen LogP contribution in [0.15, 0.2) is 11.1 Å². The Morgan fingerprint density at radius 3 is 2.38 bits per heavy atom. The zero-order chi connectivity index (χ0) is 10.1. The number of aliphatic hydroxyl groups excluding tert-OH is 1. The van der Waals surface area contributed by atoms with Gasteiger partial charge < -0.3 is 5.11 Å². The van der Waals surface area contributed by atoms with Crippen molar-refractivity contribution in [1.29, 1.82) is 0 Å². The number of aliphatic hydroxyl groups is 1. The van der Waals surface area contributed by atoms with Crippen LogP contribution < -0.4 is 0 Å². The van der Waals surface area contributed by atoms with Gasteiger partial charge in [-0.1, -0.05) is 18.1 Å². The SMILES string of the molecule is CCC1(C(C)O)CCC(C)=C(C)C1. The number of rotatable bonds is 2.